The maximum atomic E-state index is 13.1. The monoisotopic (exact) mass is 368 g/mol. The van der Waals surface area contributed by atoms with Crippen molar-refractivity contribution in [1.82, 2.24) is 4.90 Å². The number of benzene rings is 2. The minimum Gasteiger partial charge on any atom is -0.490 e. The van der Waals surface area contributed by atoms with Crippen LogP contribution in [0.15, 0.2) is 48.5 Å². The van der Waals surface area contributed by atoms with Crippen molar-refractivity contribution in [2.24, 2.45) is 11.7 Å². The van der Waals surface area contributed by atoms with Crippen molar-refractivity contribution in [3.05, 3.63) is 54.1 Å². The summed E-state index contributed by atoms with van der Waals surface area (Å²) in [5, 5.41) is 0. The molecule has 5 heteroatoms. The number of carbonyl (C=O) groups excluding carboxylic acids is 1. The van der Waals surface area contributed by atoms with Crippen LogP contribution in [0.2, 0.25) is 0 Å². The minimum absolute atomic E-state index is 0.00242. The highest BCUT2D eigenvalue weighted by molar-refractivity contribution is 5.97. The van der Waals surface area contributed by atoms with Crippen molar-refractivity contribution in [2.75, 3.05) is 19.7 Å². The van der Waals surface area contributed by atoms with Gasteiger partial charge in [0, 0.05) is 19.1 Å². The molecule has 1 heterocycles. The molecule has 0 aliphatic carbocycles. The summed E-state index contributed by atoms with van der Waals surface area (Å²) in [6.07, 6.45) is 1.89. The first-order valence-electron chi connectivity index (χ1n) is 9.63. The number of para-hydroxylation sites is 3. The molecule has 0 saturated carbocycles. The number of ether oxygens (including phenoxy) is 2. The quantitative estimate of drug-likeness (QED) is 0.834. The standard InChI is InChI=1S/C22H28N2O3/c1-3-26-20-10-6-7-11-21(20)27-19-9-5-4-8-18(19)22(25)24-14-12-17(13-15-24)16(2)23/h4-11,16-17H,3,12-15,23H2,1-2H3. The Morgan fingerprint density at radius 2 is 1.67 bits per heavy atom. The van der Waals surface area contributed by atoms with Gasteiger partial charge in [0.2, 0.25) is 0 Å². The van der Waals surface area contributed by atoms with Crippen LogP contribution in [0.5, 0.6) is 17.2 Å². The Balaban J connectivity index is 1.78. The molecule has 3 rings (SSSR count). The number of nitrogens with zero attached hydrogens (tertiary/aromatic N) is 1. The lowest BCUT2D eigenvalue weighted by Gasteiger charge is -2.34. The number of hydrogen-bond donors (Lipinski definition) is 1. The van der Waals surface area contributed by atoms with Gasteiger partial charge in [-0.3, -0.25) is 4.79 Å². The van der Waals surface area contributed by atoms with E-state index in [0.717, 1.165) is 25.9 Å². The summed E-state index contributed by atoms with van der Waals surface area (Å²) in [7, 11) is 0. The van der Waals surface area contributed by atoms with E-state index in [2.05, 4.69) is 0 Å². The smallest absolute Gasteiger partial charge is 0.257 e. The Morgan fingerprint density at radius 1 is 1.07 bits per heavy atom. The summed E-state index contributed by atoms with van der Waals surface area (Å²) < 4.78 is 11.7. The largest absolute Gasteiger partial charge is 0.490 e. The lowest BCUT2D eigenvalue weighted by atomic mass is 9.90. The highest BCUT2D eigenvalue weighted by Gasteiger charge is 2.27. The van der Waals surface area contributed by atoms with Crippen LogP contribution in [0.25, 0.3) is 0 Å². The fourth-order valence-electron chi connectivity index (χ4n) is 3.46. The van der Waals surface area contributed by atoms with Crippen molar-refractivity contribution < 1.29 is 14.3 Å². The fourth-order valence-corrected chi connectivity index (χ4v) is 3.46. The second kappa shape index (κ2) is 8.91. The van der Waals surface area contributed by atoms with E-state index in [1.165, 1.54) is 0 Å². The molecule has 1 atom stereocenters. The zero-order chi connectivity index (χ0) is 19.2. The first-order valence-corrected chi connectivity index (χ1v) is 9.63. The van der Waals surface area contributed by atoms with E-state index >= 15 is 0 Å². The molecule has 2 aromatic carbocycles. The lowest BCUT2D eigenvalue weighted by Crippen LogP contribution is -2.42. The van der Waals surface area contributed by atoms with E-state index in [0.29, 0.717) is 35.3 Å². The molecule has 1 amide bonds. The summed E-state index contributed by atoms with van der Waals surface area (Å²) in [6.45, 7) is 5.99. The van der Waals surface area contributed by atoms with Gasteiger partial charge in [-0.25, -0.2) is 0 Å². The number of nitrogens with two attached hydrogens (primary N) is 1. The van der Waals surface area contributed by atoms with E-state index in [4.69, 9.17) is 15.2 Å². The van der Waals surface area contributed by atoms with Gasteiger partial charge in [-0.2, -0.15) is 0 Å². The first kappa shape index (κ1) is 19.2. The number of carbonyl (C=O) groups is 1. The van der Waals surface area contributed by atoms with Gasteiger partial charge in [0.25, 0.3) is 5.91 Å². The maximum Gasteiger partial charge on any atom is 0.257 e. The second-order valence-corrected chi connectivity index (χ2v) is 6.97. The highest BCUT2D eigenvalue weighted by Crippen LogP contribution is 2.33. The molecule has 1 aliphatic rings. The summed E-state index contributed by atoms with van der Waals surface area (Å²) in [5.74, 6) is 2.31. The second-order valence-electron chi connectivity index (χ2n) is 6.97. The SMILES string of the molecule is CCOc1ccccc1Oc1ccccc1C(=O)N1CCC(C(C)N)CC1. The van der Waals surface area contributed by atoms with Crippen LogP contribution < -0.4 is 15.2 Å². The van der Waals surface area contributed by atoms with E-state index < -0.39 is 0 Å². The van der Waals surface area contributed by atoms with E-state index in [1.54, 1.807) is 0 Å². The Hall–Kier alpha value is -2.53. The summed E-state index contributed by atoms with van der Waals surface area (Å²) in [4.78, 5) is 15.0. The molecule has 5 nitrogen and oxygen atoms in total. The number of piperidine rings is 1. The van der Waals surface area contributed by atoms with Gasteiger partial charge < -0.3 is 20.1 Å². The van der Waals surface area contributed by atoms with Crippen LogP contribution in [0, 0.1) is 5.92 Å². The van der Waals surface area contributed by atoms with Crippen molar-refractivity contribution in [1.29, 1.82) is 0 Å². The fraction of sp³-hybridized carbons (Fsp3) is 0.409. The molecule has 2 aromatic rings. The lowest BCUT2D eigenvalue weighted by molar-refractivity contribution is 0.0678. The number of rotatable bonds is 6. The van der Waals surface area contributed by atoms with Crippen LogP contribution in [0.1, 0.15) is 37.0 Å². The van der Waals surface area contributed by atoms with Gasteiger partial charge in [0.15, 0.2) is 11.5 Å². The molecule has 0 spiro atoms. The number of amides is 1. The molecule has 1 fully saturated rings. The normalized spacial score (nSPS) is 16.0. The van der Waals surface area contributed by atoms with E-state index in [9.17, 15) is 4.79 Å². The van der Waals surface area contributed by atoms with Crippen LogP contribution in [0.3, 0.4) is 0 Å². The molecule has 1 aliphatic heterocycles. The zero-order valence-electron chi connectivity index (χ0n) is 16.1. The van der Waals surface area contributed by atoms with Crippen LogP contribution in [-0.2, 0) is 0 Å². The Labute approximate surface area is 161 Å². The topological polar surface area (TPSA) is 64.8 Å². The van der Waals surface area contributed by atoms with Crippen molar-refractivity contribution in [2.45, 2.75) is 32.7 Å². The van der Waals surface area contributed by atoms with Gasteiger partial charge in [-0.1, -0.05) is 24.3 Å². The maximum absolute atomic E-state index is 13.1. The molecule has 0 radical (unpaired) electrons. The molecule has 1 saturated heterocycles. The number of hydrogen-bond acceptors (Lipinski definition) is 4. The van der Waals surface area contributed by atoms with E-state index in [-0.39, 0.29) is 11.9 Å². The average Bonchev–Trinajstić information content (AvgIpc) is 2.69. The third-order valence-electron chi connectivity index (χ3n) is 5.06. The predicted molar refractivity (Wildman–Crippen MR) is 106 cm³/mol. The molecule has 27 heavy (non-hydrogen) atoms. The van der Waals surface area contributed by atoms with Gasteiger partial charge in [0.05, 0.1) is 12.2 Å². The van der Waals surface area contributed by atoms with Crippen molar-refractivity contribution in [3.8, 4) is 17.2 Å². The molecule has 0 bridgehead atoms. The number of likely N-dealkylation sites (tertiary alicyclic amines) is 1. The summed E-state index contributed by atoms with van der Waals surface area (Å²) in [5.41, 5.74) is 6.59. The Bertz CT molecular complexity index is 768. The minimum atomic E-state index is 0.00242. The Morgan fingerprint density at radius 3 is 2.30 bits per heavy atom. The highest BCUT2D eigenvalue weighted by atomic mass is 16.5. The first-order chi connectivity index (χ1) is 13.1. The van der Waals surface area contributed by atoms with Gasteiger partial charge >= 0.3 is 0 Å². The van der Waals surface area contributed by atoms with Gasteiger partial charge in [-0.15, -0.1) is 0 Å². The van der Waals surface area contributed by atoms with Crippen molar-refractivity contribution in [3.63, 3.8) is 0 Å². The molecular weight excluding hydrogens is 340 g/mol. The molecule has 2 N–H and O–H groups in total. The van der Waals surface area contributed by atoms with Crippen LogP contribution >= 0.6 is 0 Å². The third-order valence-corrected chi connectivity index (χ3v) is 5.06. The molecule has 0 aromatic heterocycles. The average molecular weight is 368 g/mol. The van der Waals surface area contributed by atoms with Crippen LogP contribution in [-0.4, -0.2) is 36.5 Å². The van der Waals surface area contributed by atoms with Crippen molar-refractivity contribution >= 4 is 5.91 Å². The van der Waals surface area contributed by atoms with Crippen LogP contribution in [0.4, 0.5) is 0 Å². The predicted octanol–water partition coefficient (Wildman–Crippen LogP) is 4.08. The van der Waals surface area contributed by atoms with Gasteiger partial charge in [-0.05, 0) is 56.9 Å². The third kappa shape index (κ3) is 4.61. The van der Waals surface area contributed by atoms with E-state index in [1.807, 2.05) is 67.3 Å². The Kier molecular flexibility index (Phi) is 6.35. The molecule has 1 unspecified atom stereocenters. The van der Waals surface area contributed by atoms with Gasteiger partial charge in [0.1, 0.15) is 5.75 Å². The molecule has 144 valence electrons. The summed E-state index contributed by atoms with van der Waals surface area (Å²) in [6, 6.07) is 15.1. The zero-order valence-corrected chi connectivity index (χ0v) is 16.1. The summed E-state index contributed by atoms with van der Waals surface area (Å²) >= 11 is 0. The molecular formula is C22H28N2O3.